The van der Waals surface area contributed by atoms with Crippen LogP contribution >= 0.6 is 0 Å². The lowest BCUT2D eigenvalue weighted by atomic mass is 10.1. The highest BCUT2D eigenvalue weighted by molar-refractivity contribution is 6.01. The Morgan fingerprint density at radius 1 is 1.22 bits per heavy atom. The van der Waals surface area contributed by atoms with Crippen molar-refractivity contribution in [2.24, 2.45) is 0 Å². The van der Waals surface area contributed by atoms with Crippen molar-refractivity contribution >= 4 is 16.8 Å². The molecule has 1 atom stereocenters. The Kier molecular flexibility index (Phi) is 4.42. The highest BCUT2D eigenvalue weighted by Crippen LogP contribution is 2.29. The van der Waals surface area contributed by atoms with Crippen LogP contribution in [0.2, 0.25) is 0 Å². The van der Waals surface area contributed by atoms with Gasteiger partial charge in [-0.15, -0.1) is 0 Å². The molecule has 0 bridgehead atoms. The van der Waals surface area contributed by atoms with E-state index in [1.54, 1.807) is 6.07 Å². The fraction of sp³-hybridized carbons (Fsp3) is 0.263. The van der Waals surface area contributed by atoms with E-state index in [0.717, 1.165) is 29.3 Å². The van der Waals surface area contributed by atoms with Gasteiger partial charge in [0.2, 0.25) is 0 Å². The van der Waals surface area contributed by atoms with Gasteiger partial charge in [-0.2, -0.15) is 0 Å². The number of carbonyl (C=O) groups excluding carboxylic acids is 1. The van der Waals surface area contributed by atoms with E-state index in [0.29, 0.717) is 11.3 Å². The first-order valence-corrected chi connectivity index (χ1v) is 7.94. The molecule has 1 aromatic heterocycles. The maximum atomic E-state index is 12.4. The molecule has 2 aromatic carbocycles. The molecule has 3 aromatic rings. The normalized spacial score (nSPS) is 12.3. The van der Waals surface area contributed by atoms with Crippen LogP contribution in [-0.2, 0) is 0 Å². The number of nitrogens with zero attached hydrogens (tertiary/aromatic N) is 1. The molecule has 1 N–H and O–H groups in total. The number of aromatic nitrogens is 1. The van der Waals surface area contributed by atoms with E-state index in [9.17, 15) is 4.79 Å². The van der Waals surface area contributed by atoms with Crippen molar-refractivity contribution in [1.29, 1.82) is 0 Å². The summed E-state index contributed by atoms with van der Waals surface area (Å²) in [6.07, 6.45) is 2.01. The molecule has 0 aliphatic rings. The number of amides is 1. The Morgan fingerprint density at radius 3 is 2.74 bits per heavy atom. The first-order valence-electron chi connectivity index (χ1n) is 7.94. The lowest BCUT2D eigenvalue weighted by Gasteiger charge is -2.12. The van der Waals surface area contributed by atoms with Crippen LogP contribution in [0.25, 0.3) is 22.2 Å². The standard InChI is InChI=1S/C19H20N2O2/c1-3-7-13(2)20-19(22)15-10-11-17-16(12-15)18(23-21-17)14-8-5-4-6-9-14/h4-6,8-13H,3,7H2,1-2H3,(H,20,22). The van der Waals surface area contributed by atoms with Crippen molar-refractivity contribution in [3.05, 3.63) is 54.1 Å². The lowest BCUT2D eigenvalue weighted by molar-refractivity contribution is 0.0938. The molecule has 0 aliphatic carbocycles. The van der Waals surface area contributed by atoms with Crippen molar-refractivity contribution in [3.8, 4) is 11.3 Å². The van der Waals surface area contributed by atoms with Gasteiger partial charge in [0.15, 0.2) is 5.76 Å². The van der Waals surface area contributed by atoms with Crippen LogP contribution in [0, 0.1) is 0 Å². The third-order valence-corrected chi connectivity index (χ3v) is 3.87. The summed E-state index contributed by atoms with van der Waals surface area (Å²) < 4.78 is 5.47. The number of hydrogen-bond acceptors (Lipinski definition) is 3. The van der Waals surface area contributed by atoms with E-state index in [2.05, 4.69) is 17.4 Å². The van der Waals surface area contributed by atoms with E-state index in [4.69, 9.17) is 4.52 Å². The molecule has 118 valence electrons. The third-order valence-electron chi connectivity index (χ3n) is 3.87. The minimum atomic E-state index is -0.0620. The van der Waals surface area contributed by atoms with Crippen molar-refractivity contribution in [2.75, 3.05) is 0 Å². The van der Waals surface area contributed by atoms with Gasteiger partial charge in [0.05, 0.1) is 5.39 Å². The molecule has 0 saturated carbocycles. The van der Waals surface area contributed by atoms with E-state index < -0.39 is 0 Å². The van der Waals surface area contributed by atoms with Crippen LogP contribution in [0.1, 0.15) is 37.0 Å². The van der Waals surface area contributed by atoms with Crippen LogP contribution in [0.5, 0.6) is 0 Å². The fourth-order valence-electron chi connectivity index (χ4n) is 2.69. The highest BCUT2D eigenvalue weighted by Gasteiger charge is 2.14. The van der Waals surface area contributed by atoms with Crippen LogP contribution < -0.4 is 5.32 Å². The summed E-state index contributed by atoms with van der Waals surface area (Å²) >= 11 is 0. The van der Waals surface area contributed by atoms with Gasteiger partial charge < -0.3 is 9.84 Å². The van der Waals surface area contributed by atoms with E-state index >= 15 is 0 Å². The smallest absolute Gasteiger partial charge is 0.251 e. The summed E-state index contributed by atoms with van der Waals surface area (Å²) in [5.41, 5.74) is 2.33. The van der Waals surface area contributed by atoms with E-state index in [-0.39, 0.29) is 11.9 Å². The Morgan fingerprint density at radius 2 is 2.00 bits per heavy atom. The molecule has 0 saturated heterocycles. The van der Waals surface area contributed by atoms with Crippen molar-refractivity contribution < 1.29 is 9.32 Å². The Hall–Kier alpha value is -2.62. The zero-order valence-electron chi connectivity index (χ0n) is 13.4. The molecule has 0 spiro atoms. The maximum Gasteiger partial charge on any atom is 0.251 e. The van der Waals surface area contributed by atoms with Gasteiger partial charge in [-0.05, 0) is 31.5 Å². The second-order valence-electron chi connectivity index (χ2n) is 5.77. The van der Waals surface area contributed by atoms with E-state index in [1.807, 2.05) is 49.4 Å². The minimum Gasteiger partial charge on any atom is -0.355 e. The zero-order valence-corrected chi connectivity index (χ0v) is 13.4. The SMILES string of the molecule is CCCC(C)NC(=O)c1ccc2noc(-c3ccccc3)c2c1. The van der Waals surface area contributed by atoms with Crippen molar-refractivity contribution in [3.63, 3.8) is 0 Å². The predicted molar refractivity (Wildman–Crippen MR) is 91.3 cm³/mol. The number of carbonyl (C=O) groups is 1. The predicted octanol–water partition coefficient (Wildman–Crippen LogP) is 4.41. The average Bonchev–Trinajstić information content (AvgIpc) is 2.99. The van der Waals surface area contributed by atoms with Gasteiger partial charge in [0.25, 0.3) is 5.91 Å². The molecule has 1 unspecified atom stereocenters. The second kappa shape index (κ2) is 6.65. The maximum absolute atomic E-state index is 12.4. The first-order chi connectivity index (χ1) is 11.2. The van der Waals surface area contributed by atoms with Crippen molar-refractivity contribution in [1.82, 2.24) is 10.5 Å². The highest BCUT2D eigenvalue weighted by atomic mass is 16.5. The number of fused-ring (bicyclic) bond motifs is 1. The molecule has 0 fully saturated rings. The molecule has 0 radical (unpaired) electrons. The third kappa shape index (κ3) is 3.26. The summed E-state index contributed by atoms with van der Waals surface area (Å²) in [5.74, 6) is 0.630. The molecule has 4 nitrogen and oxygen atoms in total. The molecule has 1 heterocycles. The molecule has 0 aliphatic heterocycles. The number of benzene rings is 2. The summed E-state index contributed by atoms with van der Waals surface area (Å²) in [6.45, 7) is 4.13. The summed E-state index contributed by atoms with van der Waals surface area (Å²) in [4.78, 5) is 12.4. The van der Waals surface area contributed by atoms with Crippen LogP contribution in [-0.4, -0.2) is 17.1 Å². The summed E-state index contributed by atoms with van der Waals surface area (Å²) in [6, 6.07) is 15.4. The molecular weight excluding hydrogens is 288 g/mol. The summed E-state index contributed by atoms with van der Waals surface area (Å²) in [5, 5.41) is 7.96. The van der Waals surface area contributed by atoms with Gasteiger partial charge in [-0.25, -0.2) is 0 Å². The largest absolute Gasteiger partial charge is 0.355 e. The van der Waals surface area contributed by atoms with Gasteiger partial charge in [0, 0.05) is 17.2 Å². The van der Waals surface area contributed by atoms with Gasteiger partial charge >= 0.3 is 0 Å². The second-order valence-corrected chi connectivity index (χ2v) is 5.77. The lowest BCUT2D eigenvalue weighted by Crippen LogP contribution is -2.32. The minimum absolute atomic E-state index is 0.0620. The molecule has 23 heavy (non-hydrogen) atoms. The van der Waals surface area contributed by atoms with Gasteiger partial charge in [0.1, 0.15) is 5.52 Å². The number of nitrogens with one attached hydrogen (secondary N) is 1. The zero-order chi connectivity index (χ0) is 16.2. The molecular formula is C19H20N2O2. The fourth-order valence-corrected chi connectivity index (χ4v) is 2.69. The van der Waals surface area contributed by atoms with E-state index in [1.165, 1.54) is 0 Å². The van der Waals surface area contributed by atoms with Crippen LogP contribution in [0.4, 0.5) is 0 Å². The van der Waals surface area contributed by atoms with Gasteiger partial charge in [-0.1, -0.05) is 48.8 Å². The Bertz CT molecular complexity index is 809. The Balaban J connectivity index is 1.93. The molecule has 1 amide bonds. The van der Waals surface area contributed by atoms with Crippen LogP contribution in [0.3, 0.4) is 0 Å². The number of hydrogen-bond donors (Lipinski definition) is 1. The molecule has 3 rings (SSSR count). The molecule has 4 heteroatoms. The van der Waals surface area contributed by atoms with Gasteiger partial charge in [-0.3, -0.25) is 4.79 Å². The first kappa shape index (κ1) is 15.3. The summed E-state index contributed by atoms with van der Waals surface area (Å²) in [7, 11) is 0. The number of rotatable bonds is 5. The van der Waals surface area contributed by atoms with Crippen LogP contribution in [0.15, 0.2) is 53.1 Å². The van der Waals surface area contributed by atoms with Crippen molar-refractivity contribution in [2.45, 2.75) is 32.7 Å². The average molecular weight is 308 g/mol. The Labute approximate surface area is 135 Å². The topological polar surface area (TPSA) is 55.1 Å². The monoisotopic (exact) mass is 308 g/mol. The quantitative estimate of drug-likeness (QED) is 0.759.